The molecule has 1 aliphatic heterocycles. The van der Waals surface area contributed by atoms with Crippen LogP contribution in [-0.2, 0) is 6.42 Å². The van der Waals surface area contributed by atoms with Crippen LogP contribution in [0.1, 0.15) is 34.5 Å². The smallest absolute Gasteiger partial charge is 0.255 e. The molecule has 0 saturated carbocycles. The number of aryl methyl sites for hydroxylation is 1. The number of likely N-dealkylation sites (tertiary alicyclic amines) is 1. The molecule has 0 atom stereocenters. The van der Waals surface area contributed by atoms with Gasteiger partial charge in [-0.05, 0) is 62.9 Å². The fourth-order valence-electron chi connectivity index (χ4n) is 3.94. The summed E-state index contributed by atoms with van der Waals surface area (Å²) in [4.78, 5) is 20.1. The number of hydrogen-bond donors (Lipinski definition) is 1. The number of amides is 1. The first kappa shape index (κ1) is 19.5. The normalized spacial score (nSPS) is 15.7. The largest absolute Gasteiger partial charge is 0.496 e. The molecule has 2 heterocycles. The molecule has 2 aromatic rings. The summed E-state index contributed by atoms with van der Waals surface area (Å²) in [5.41, 5.74) is 3.00. The first-order valence-corrected chi connectivity index (χ1v) is 9.82. The van der Waals surface area contributed by atoms with Gasteiger partial charge in [-0.25, -0.2) is 0 Å². The lowest BCUT2D eigenvalue weighted by Crippen LogP contribution is -2.40. The summed E-state index contributed by atoms with van der Waals surface area (Å²) < 4.78 is 5.45. The van der Waals surface area contributed by atoms with Gasteiger partial charge in [-0.2, -0.15) is 0 Å². The lowest BCUT2D eigenvalue weighted by atomic mass is 9.95. The van der Waals surface area contributed by atoms with Crippen molar-refractivity contribution in [2.45, 2.75) is 26.2 Å². The number of methoxy groups -OCH3 is 1. The second-order valence-corrected chi connectivity index (χ2v) is 7.55. The van der Waals surface area contributed by atoms with Crippen LogP contribution in [0.5, 0.6) is 5.75 Å². The zero-order valence-electron chi connectivity index (χ0n) is 16.7. The van der Waals surface area contributed by atoms with Gasteiger partial charge in [0, 0.05) is 32.0 Å². The molecule has 5 nitrogen and oxygen atoms in total. The molecule has 5 heteroatoms. The highest BCUT2D eigenvalue weighted by atomic mass is 16.5. The van der Waals surface area contributed by atoms with Crippen LogP contribution in [0.3, 0.4) is 0 Å². The Morgan fingerprint density at radius 1 is 1.26 bits per heavy atom. The summed E-state index contributed by atoms with van der Waals surface area (Å²) in [6.07, 6.45) is 5.14. The van der Waals surface area contributed by atoms with E-state index in [-0.39, 0.29) is 5.91 Å². The zero-order chi connectivity index (χ0) is 19.2. The van der Waals surface area contributed by atoms with Gasteiger partial charge in [0.2, 0.25) is 0 Å². The summed E-state index contributed by atoms with van der Waals surface area (Å²) in [5, 5.41) is 0. The number of hydrogen-bond acceptors (Lipinski definition) is 3. The summed E-state index contributed by atoms with van der Waals surface area (Å²) in [7, 11) is 3.65. The van der Waals surface area contributed by atoms with E-state index >= 15 is 0 Å². The van der Waals surface area contributed by atoms with Crippen molar-refractivity contribution < 1.29 is 9.53 Å². The number of nitrogens with zero attached hydrogens (tertiary/aromatic N) is 2. The second-order valence-electron chi connectivity index (χ2n) is 7.55. The number of carbonyl (C=O) groups is 1. The molecule has 0 unspecified atom stereocenters. The molecular formula is C22H31N3O2. The summed E-state index contributed by atoms with van der Waals surface area (Å²) in [6, 6.07) is 10.1. The van der Waals surface area contributed by atoms with Crippen molar-refractivity contribution in [3.05, 3.63) is 53.3 Å². The van der Waals surface area contributed by atoms with Crippen LogP contribution in [0, 0.1) is 12.8 Å². The third-order valence-electron chi connectivity index (χ3n) is 5.66. The van der Waals surface area contributed by atoms with E-state index in [0.29, 0.717) is 5.92 Å². The fraction of sp³-hybridized carbons (Fsp3) is 0.500. The molecule has 0 spiro atoms. The average Bonchev–Trinajstić information content (AvgIpc) is 3.12. The van der Waals surface area contributed by atoms with Gasteiger partial charge < -0.3 is 19.5 Å². The maximum Gasteiger partial charge on any atom is 0.255 e. The molecule has 1 fully saturated rings. The van der Waals surface area contributed by atoms with E-state index in [2.05, 4.69) is 22.0 Å². The predicted molar refractivity (Wildman–Crippen MR) is 108 cm³/mol. The number of para-hydroxylation sites is 1. The van der Waals surface area contributed by atoms with Crippen LogP contribution < -0.4 is 4.74 Å². The molecular weight excluding hydrogens is 338 g/mol. The molecule has 146 valence electrons. The van der Waals surface area contributed by atoms with Crippen molar-refractivity contribution in [2.24, 2.45) is 5.92 Å². The maximum atomic E-state index is 12.6. The van der Waals surface area contributed by atoms with Crippen LogP contribution >= 0.6 is 0 Å². The van der Waals surface area contributed by atoms with Crippen molar-refractivity contribution >= 4 is 5.91 Å². The molecule has 1 N–H and O–H groups in total. The Kier molecular flexibility index (Phi) is 6.56. The SMILES string of the molecule is COc1ccccc1CCN1CCC(CN(C)C(=O)c2cc[nH]c2C)CC1. The minimum absolute atomic E-state index is 0.118. The number of benzene rings is 1. The van der Waals surface area contributed by atoms with E-state index in [1.54, 1.807) is 7.11 Å². The third-order valence-corrected chi connectivity index (χ3v) is 5.66. The van der Waals surface area contributed by atoms with Crippen LogP contribution in [0.4, 0.5) is 0 Å². The number of carbonyl (C=O) groups excluding carboxylic acids is 1. The molecule has 1 saturated heterocycles. The quantitative estimate of drug-likeness (QED) is 0.814. The van der Waals surface area contributed by atoms with Crippen molar-refractivity contribution in [2.75, 3.05) is 40.3 Å². The van der Waals surface area contributed by atoms with Gasteiger partial charge in [-0.1, -0.05) is 18.2 Å². The maximum absolute atomic E-state index is 12.6. The van der Waals surface area contributed by atoms with Gasteiger partial charge >= 0.3 is 0 Å². The standard InChI is InChI=1S/C22H31N3O2/c1-17-20(8-12-23-17)22(26)24(2)16-18-9-13-25(14-10-18)15-11-19-6-4-5-7-21(19)27-3/h4-8,12,18,23H,9-11,13-16H2,1-3H3. The summed E-state index contributed by atoms with van der Waals surface area (Å²) >= 11 is 0. The number of H-pyrrole nitrogens is 1. The van der Waals surface area contributed by atoms with Crippen LogP contribution in [0.25, 0.3) is 0 Å². The highest BCUT2D eigenvalue weighted by Gasteiger charge is 2.23. The highest BCUT2D eigenvalue weighted by molar-refractivity contribution is 5.95. The minimum atomic E-state index is 0.118. The van der Waals surface area contributed by atoms with Crippen LogP contribution in [0.2, 0.25) is 0 Å². The van der Waals surface area contributed by atoms with Crippen molar-refractivity contribution in [3.8, 4) is 5.75 Å². The number of aromatic nitrogens is 1. The van der Waals surface area contributed by atoms with Gasteiger partial charge in [-0.15, -0.1) is 0 Å². The molecule has 0 radical (unpaired) electrons. The molecule has 27 heavy (non-hydrogen) atoms. The van der Waals surface area contributed by atoms with Gasteiger partial charge in [0.15, 0.2) is 0 Å². The minimum Gasteiger partial charge on any atom is -0.496 e. The first-order chi connectivity index (χ1) is 13.1. The lowest BCUT2D eigenvalue weighted by molar-refractivity contribution is 0.0740. The lowest BCUT2D eigenvalue weighted by Gasteiger charge is -2.34. The monoisotopic (exact) mass is 369 g/mol. The number of ether oxygens (including phenoxy) is 1. The Bertz CT molecular complexity index is 748. The van der Waals surface area contributed by atoms with Crippen LogP contribution in [-0.4, -0.2) is 61.0 Å². The van der Waals surface area contributed by atoms with Gasteiger partial charge in [0.25, 0.3) is 5.91 Å². The fourth-order valence-corrected chi connectivity index (χ4v) is 3.94. The van der Waals surface area contributed by atoms with E-state index in [1.807, 2.05) is 43.3 Å². The van der Waals surface area contributed by atoms with E-state index < -0.39 is 0 Å². The van der Waals surface area contributed by atoms with Gasteiger partial charge in [0.05, 0.1) is 12.7 Å². The Labute approximate surface area is 162 Å². The zero-order valence-corrected chi connectivity index (χ0v) is 16.7. The van der Waals surface area contributed by atoms with E-state index in [1.165, 1.54) is 5.56 Å². The Balaban J connectivity index is 1.43. The highest BCUT2D eigenvalue weighted by Crippen LogP contribution is 2.22. The van der Waals surface area contributed by atoms with Crippen molar-refractivity contribution in [3.63, 3.8) is 0 Å². The van der Waals surface area contributed by atoms with Crippen LogP contribution in [0.15, 0.2) is 36.5 Å². The number of aromatic amines is 1. The summed E-state index contributed by atoms with van der Waals surface area (Å²) in [5.74, 6) is 1.68. The van der Waals surface area contributed by atoms with Crippen molar-refractivity contribution in [1.82, 2.24) is 14.8 Å². The second kappa shape index (κ2) is 9.09. The van der Waals surface area contributed by atoms with E-state index in [9.17, 15) is 4.79 Å². The Hall–Kier alpha value is -2.27. The molecule has 1 aromatic heterocycles. The topological polar surface area (TPSA) is 48.6 Å². The Morgan fingerprint density at radius 3 is 2.67 bits per heavy atom. The molecule has 1 aromatic carbocycles. The van der Waals surface area contributed by atoms with Crippen molar-refractivity contribution in [1.29, 1.82) is 0 Å². The average molecular weight is 370 g/mol. The summed E-state index contributed by atoms with van der Waals surface area (Å²) in [6.45, 7) is 6.05. The van der Waals surface area contributed by atoms with E-state index in [4.69, 9.17) is 4.74 Å². The first-order valence-electron chi connectivity index (χ1n) is 9.82. The number of piperidine rings is 1. The molecule has 0 aliphatic carbocycles. The Morgan fingerprint density at radius 2 is 2.00 bits per heavy atom. The molecule has 0 bridgehead atoms. The number of nitrogens with one attached hydrogen (secondary N) is 1. The third kappa shape index (κ3) is 4.92. The van der Waals surface area contributed by atoms with E-state index in [0.717, 1.165) is 62.4 Å². The molecule has 1 amide bonds. The molecule has 1 aliphatic rings. The number of rotatable bonds is 7. The predicted octanol–water partition coefficient (Wildman–Crippen LogP) is 3.36. The molecule has 3 rings (SSSR count). The van der Waals surface area contributed by atoms with Gasteiger partial charge in [0.1, 0.15) is 5.75 Å². The van der Waals surface area contributed by atoms with Gasteiger partial charge in [-0.3, -0.25) is 4.79 Å².